The fraction of sp³-hybridized carbons (Fsp3) is 0.857. The molecule has 0 aromatic carbocycles. The summed E-state index contributed by atoms with van der Waals surface area (Å²) in [4.78, 5) is 0. The fourth-order valence-electron chi connectivity index (χ4n) is 6.65. The van der Waals surface area contributed by atoms with Crippen LogP contribution < -0.4 is 5.32 Å². The molecule has 0 spiro atoms. The molecule has 0 radical (unpaired) electrons. The molecule has 5 unspecified atom stereocenters. The summed E-state index contributed by atoms with van der Waals surface area (Å²) in [5, 5.41) is 3.89. The van der Waals surface area contributed by atoms with E-state index in [9.17, 15) is 4.39 Å². The van der Waals surface area contributed by atoms with Crippen LogP contribution in [0.5, 0.6) is 0 Å². The molecule has 0 aliphatic heterocycles. The molecule has 2 aliphatic carbocycles. The monoisotopic (exact) mass is 437 g/mol. The Morgan fingerprint density at radius 1 is 1.06 bits per heavy atom. The maximum absolute atomic E-state index is 15.2. The van der Waals surface area contributed by atoms with Crippen molar-refractivity contribution in [3.63, 3.8) is 0 Å². The number of halogens is 2. The third kappa shape index (κ3) is 6.21. The van der Waals surface area contributed by atoms with E-state index in [-0.39, 0.29) is 16.9 Å². The van der Waals surface area contributed by atoms with Crippen molar-refractivity contribution in [2.45, 2.75) is 124 Å². The van der Waals surface area contributed by atoms with E-state index in [2.05, 4.69) is 53.4 Å². The summed E-state index contributed by atoms with van der Waals surface area (Å²) < 4.78 is 30.0. The molecule has 1 N–H and O–H groups in total. The van der Waals surface area contributed by atoms with Gasteiger partial charge in [0.15, 0.2) is 0 Å². The molecule has 2 rings (SSSR count). The molecule has 2 aliphatic rings. The third-order valence-electron chi connectivity index (χ3n) is 8.93. The smallest absolute Gasteiger partial charge is 0.106 e. The van der Waals surface area contributed by atoms with Crippen molar-refractivity contribution in [1.82, 2.24) is 5.32 Å². The summed E-state index contributed by atoms with van der Waals surface area (Å²) >= 11 is 0. The van der Waals surface area contributed by atoms with Crippen molar-refractivity contribution in [2.75, 3.05) is 6.54 Å². The highest BCUT2D eigenvalue weighted by atomic mass is 19.1. The van der Waals surface area contributed by atoms with E-state index in [0.29, 0.717) is 31.1 Å². The largest absolute Gasteiger partial charge is 0.309 e. The first-order valence-electron chi connectivity index (χ1n) is 13.0. The molecular weight excluding hydrogens is 388 g/mol. The Morgan fingerprint density at radius 2 is 1.74 bits per heavy atom. The van der Waals surface area contributed by atoms with Gasteiger partial charge in [0.05, 0.1) is 0 Å². The Bertz CT molecular complexity index is 604. The van der Waals surface area contributed by atoms with Gasteiger partial charge in [-0.2, -0.15) is 0 Å². The lowest BCUT2D eigenvalue weighted by atomic mass is 9.66. The van der Waals surface area contributed by atoms with Crippen molar-refractivity contribution in [2.24, 2.45) is 22.7 Å². The summed E-state index contributed by atoms with van der Waals surface area (Å²) in [7, 11) is 0. The van der Waals surface area contributed by atoms with Gasteiger partial charge in [-0.15, -0.1) is 0 Å². The lowest BCUT2D eigenvalue weighted by Gasteiger charge is -2.45. The second-order valence-electron chi connectivity index (χ2n) is 11.1. The highest BCUT2D eigenvalue weighted by Gasteiger charge is 2.41. The Kier molecular flexibility index (Phi) is 9.79. The Labute approximate surface area is 191 Å². The average Bonchev–Trinajstić information content (AvgIpc) is 2.87. The van der Waals surface area contributed by atoms with Gasteiger partial charge >= 0.3 is 0 Å². The van der Waals surface area contributed by atoms with Gasteiger partial charge in [-0.3, -0.25) is 0 Å². The van der Waals surface area contributed by atoms with Crippen LogP contribution in [0, 0.1) is 22.7 Å². The number of allylic oxidation sites excluding steroid dienone is 2. The van der Waals surface area contributed by atoms with Crippen molar-refractivity contribution in [3.05, 3.63) is 23.8 Å². The molecule has 0 amide bonds. The van der Waals surface area contributed by atoms with Gasteiger partial charge in [0.1, 0.15) is 12.3 Å². The minimum Gasteiger partial charge on any atom is -0.309 e. The molecule has 1 fully saturated rings. The fourth-order valence-corrected chi connectivity index (χ4v) is 6.65. The minimum atomic E-state index is -0.756. The van der Waals surface area contributed by atoms with E-state index in [1.54, 1.807) is 0 Å². The van der Waals surface area contributed by atoms with Crippen LogP contribution in [-0.2, 0) is 0 Å². The zero-order chi connectivity index (χ0) is 23.2. The van der Waals surface area contributed by atoms with E-state index in [1.807, 2.05) is 6.08 Å². The van der Waals surface area contributed by atoms with Crippen molar-refractivity contribution in [1.29, 1.82) is 0 Å². The first kappa shape index (κ1) is 26.6. The van der Waals surface area contributed by atoms with E-state index in [1.165, 1.54) is 11.1 Å². The van der Waals surface area contributed by atoms with Gasteiger partial charge in [-0.25, -0.2) is 8.78 Å². The molecule has 180 valence electrons. The second-order valence-corrected chi connectivity index (χ2v) is 11.1. The summed E-state index contributed by atoms with van der Waals surface area (Å²) in [6.45, 7) is 18.2. The molecule has 0 aromatic heterocycles. The molecule has 5 atom stereocenters. The molecule has 1 saturated carbocycles. The van der Waals surface area contributed by atoms with Crippen LogP contribution in [0.3, 0.4) is 0 Å². The molecule has 0 aromatic rings. The van der Waals surface area contributed by atoms with Gasteiger partial charge in [-0.05, 0) is 74.2 Å². The summed E-state index contributed by atoms with van der Waals surface area (Å²) in [5.41, 5.74) is 2.41. The molecule has 3 heteroatoms. The highest BCUT2D eigenvalue weighted by molar-refractivity contribution is 5.29. The van der Waals surface area contributed by atoms with Gasteiger partial charge in [-0.1, -0.05) is 72.6 Å². The molecule has 0 heterocycles. The van der Waals surface area contributed by atoms with E-state index in [4.69, 9.17) is 0 Å². The summed E-state index contributed by atoms with van der Waals surface area (Å²) in [6, 6.07) is 0.273. The van der Waals surface area contributed by atoms with Gasteiger partial charge in [0.2, 0.25) is 0 Å². The Balaban J connectivity index is 2.27. The molecule has 0 bridgehead atoms. The number of hydrogen-bond donors (Lipinski definition) is 1. The SMILES string of the molecule is C=CC1=C(CNC2C(CC)CC(F)CC(CC)CC2(C)C)CCC(F)C(CC)(CC)C1. The number of rotatable bonds is 8. The van der Waals surface area contributed by atoms with Crippen LogP contribution in [0.1, 0.15) is 106 Å². The topological polar surface area (TPSA) is 12.0 Å². The second kappa shape index (κ2) is 11.4. The molecule has 1 nitrogen and oxygen atoms in total. The maximum atomic E-state index is 15.2. The van der Waals surface area contributed by atoms with Crippen molar-refractivity contribution < 1.29 is 8.78 Å². The lowest BCUT2D eigenvalue weighted by molar-refractivity contribution is 0.0704. The van der Waals surface area contributed by atoms with Crippen LogP contribution >= 0.6 is 0 Å². The normalized spacial score (nSPS) is 34.0. The van der Waals surface area contributed by atoms with Crippen LogP contribution in [0.2, 0.25) is 0 Å². The predicted octanol–water partition coefficient (Wildman–Crippen LogP) is 8.36. The van der Waals surface area contributed by atoms with Gasteiger partial charge in [0, 0.05) is 18.0 Å². The van der Waals surface area contributed by atoms with Crippen LogP contribution in [0.15, 0.2) is 23.8 Å². The lowest BCUT2D eigenvalue weighted by Crippen LogP contribution is -2.50. The van der Waals surface area contributed by atoms with E-state index in [0.717, 1.165) is 51.5 Å². The quantitative estimate of drug-likeness (QED) is 0.402. The number of hydrogen-bond acceptors (Lipinski definition) is 1. The third-order valence-corrected chi connectivity index (χ3v) is 8.93. The van der Waals surface area contributed by atoms with E-state index < -0.39 is 12.3 Å². The zero-order valence-corrected chi connectivity index (χ0v) is 21.2. The van der Waals surface area contributed by atoms with Crippen LogP contribution in [-0.4, -0.2) is 24.9 Å². The minimum absolute atomic E-state index is 0.111. The number of nitrogens with one attached hydrogen (secondary N) is 1. The first-order chi connectivity index (χ1) is 14.7. The Morgan fingerprint density at radius 3 is 2.29 bits per heavy atom. The number of alkyl halides is 2. The highest BCUT2D eigenvalue weighted by Crippen LogP contribution is 2.46. The van der Waals surface area contributed by atoms with Crippen molar-refractivity contribution >= 4 is 0 Å². The average molecular weight is 438 g/mol. The molecule has 0 saturated heterocycles. The standard InChI is InChI=1S/C28H49F2N/c1-8-20-15-24(29)16-21(9-2)26(27(6,7)17-20)31-19-23-13-14-25(30)28(11-4,12-5)18-22(23)10-3/h10,20-21,24-26,31H,3,8-9,11-19H2,1-2,4-7H3. The summed E-state index contributed by atoms with van der Waals surface area (Å²) in [6.07, 6.45) is 8.92. The zero-order valence-electron chi connectivity index (χ0n) is 21.2. The van der Waals surface area contributed by atoms with Gasteiger partial charge in [0.25, 0.3) is 0 Å². The summed E-state index contributed by atoms with van der Waals surface area (Å²) in [5.74, 6) is 0.788. The van der Waals surface area contributed by atoms with Gasteiger partial charge < -0.3 is 5.32 Å². The molecular formula is C28H49F2N. The maximum Gasteiger partial charge on any atom is 0.106 e. The predicted molar refractivity (Wildman–Crippen MR) is 131 cm³/mol. The first-order valence-corrected chi connectivity index (χ1v) is 13.0. The van der Waals surface area contributed by atoms with Crippen LogP contribution in [0.25, 0.3) is 0 Å². The molecule has 31 heavy (non-hydrogen) atoms. The van der Waals surface area contributed by atoms with Crippen molar-refractivity contribution in [3.8, 4) is 0 Å². The van der Waals surface area contributed by atoms with E-state index >= 15 is 4.39 Å². The Hall–Kier alpha value is -0.700. The van der Waals surface area contributed by atoms with Crippen LogP contribution in [0.4, 0.5) is 8.78 Å².